The minimum atomic E-state index is -0.377. The first-order valence-electron chi connectivity index (χ1n) is 10.8. The van der Waals surface area contributed by atoms with Gasteiger partial charge in [-0.05, 0) is 78.4 Å². The normalized spacial score (nSPS) is 15.7. The summed E-state index contributed by atoms with van der Waals surface area (Å²) in [6.45, 7) is 2.14. The molecule has 2 aromatic rings. The number of imide groups is 2. The Labute approximate surface area is 187 Å². The summed E-state index contributed by atoms with van der Waals surface area (Å²) in [6, 6.07) is 6.46. The van der Waals surface area contributed by atoms with Crippen molar-refractivity contribution >= 4 is 34.4 Å². The van der Waals surface area contributed by atoms with Gasteiger partial charge in [-0.25, -0.2) is 0 Å². The van der Waals surface area contributed by atoms with Crippen molar-refractivity contribution in [3.63, 3.8) is 0 Å². The Kier molecular flexibility index (Phi) is 5.83. The lowest BCUT2D eigenvalue weighted by Crippen LogP contribution is -2.44. The average molecular weight is 437 g/mol. The van der Waals surface area contributed by atoms with E-state index in [0.29, 0.717) is 59.0 Å². The summed E-state index contributed by atoms with van der Waals surface area (Å²) in [7, 11) is 7.76. The second-order valence-electron chi connectivity index (χ2n) is 8.91. The number of carbonyl (C=O) groups is 4. The van der Waals surface area contributed by atoms with Crippen molar-refractivity contribution in [1.29, 1.82) is 0 Å². The maximum atomic E-state index is 13.2. The molecule has 0 radical (unpaired) electrons. The van der Waals surface area contributed by atoms with E-state index in [9.17, 15) is 19.2 Å². The van der Waals surface area contributed by atoms with E-state index in [1.807, 2.05) is 38.0 Å². The van der Waals surface area contributed by atoms with E-state index in [1.165, 1.54) is 9.80 Å². The van der Waals surface area contributed by atoms with Gasteiger partial charge in [0.2, 0.25) is 0 Å². The van der Waals surface area contributed by atoms with E-state index in [-0.39, 0.29) is 23.6 Å². The van der Waals surface area contributed by atoms with E-state index in [2.05, 4.69) is 0 Å². The highest BCUT2D eigenvalue weighted by Gasteiger charge is 2.39. The third-order valence-electron chi connectivity index (χ3n) is 6.04. The van der Waals surface area contributed by atoms with E-state index >= 15 is 0 Å². The zero-order valence-electron chi connectivity index (χ0n) is 19.0. The lowest BCUT2D eigenvalue weighted by molar-refractivity contribution is 0.0584. The van der Waals surface area contributed by atoms with Gasteiger partial charge >= 0.3 is 0 Å². The molecule has 8 nitrogen and oxygen atoms in total. The van der Waals surface area contributed by atoms with Crippen LogP contribution in [0.25, 0.3) is 10.8 Å². The van der Waals surface area contributed by atoms with Crippen LogP contribution >= 0.6 is 0 Å². The maximum absolute atomic E-state index is 13.2. The fourth-order valence-corrected chi connectivity index (χ4v) is 4.47. The predicted octanol–water partition coefficient (Wildman–Crippen LogP) is 1.94. The highest BCUT2D eigenvalue weighted by molar-refractivity contribution is 6.33. The molecule has 0 spiro atoms. The Hall–Kier alpha value is -3.10. The van der Waals surface area contributed by atoms with Crippen molar-refractivity contribution in [3.8, 4) is 0 Å². The number of hydrogen-bond acceptors (Lipinski definition) is 6. The molecule has 0 atom stereocenters. The van der Waals surface area contributed by atoms with Gasteiger partial charge in [0.05, 0.1) is 0 Å². The molecule has 168 valence electrons. The summed E-state index contributed by atoms with van der Waals surface area (Å²) in [5.74, 6) is -1.51. The van der Waals surface area contributed by atoms with Crippen LogP contribution in [0, 0.1) is 0 Å². The molecule has 4 amide bonds. The Morgan fingerprint density at radius 3 is 1.09 bits per heavy atom. The van der Waals surface area contributed by atoms with Crippen LogP contribution in [0.1, 0.15) is 54.3 Å². The number of carbonyl (C=O) groups excluding carboxylic acids is 4. The summed E-state index contributed by atoms with van der Waals surface area (Å²) < 4.78 is 0. The third kappa shape index (κ3) is 3.59. The van der Waals surface area contributed by atoms with Crippen LogP contribution in [0.3, 0.4) is 0 Å². The van der Waals surface area contributed by atoms with E-state index in [4.69, 9.17) is 0 Å². The maximum Gasteiger partial charge on any atom is 0.261 e. The van der Waals surface area contributed by atoms with Crippen molar-refractivity contribution in [2.45, 2.75) is 12.8 Å². The zero-order chi connectivity index (χ0) is 23.2. The topological polar surface area (TPSA) is 81.2 Å². The number of nitrogens with zero attached hydrogens (tertiary/aromatic N) is 4. The molecule has 0 saturated carbocycles. The Bertz CT molecular complexity index is 979. The lowest BCUT2D eigenvalue weighted by Gasteiger charge is -2.32. The molecule has 32 heavy (non-hydrogen) atoms. The van der Waals surface area contributed by atoms with Gasteiger partial charge in [0, 0.05) is 46.1 Å². The molecular weight excluding hydrogens is 408 g/mol. The van der Waals surface area contributed by atoms with Crippen LogP contribution < -0.4 is 0 Å². The second-order valence-corrected chi connectivity index (χ2v) is 8.91. The average Bonchev–Trinajstić information content (AvgIpc) is 2.74. The van der Waals surface area contributed by atoms with Crippen molar-refractivity contribution < 1.29 is 19.2 Å². The van der Waals surface area contributed by atoms with Gasteiger partial charge in [0.15, 0.2) is 0 Å². The highest BCUT2D eigenvalue weighted by atomic mass is 16.2. The molecule has 0 aromatic heterocycles. The smallest absolute Gasteiger partial charge is 0.261 e. The van der Waals surface area contributed by atoms with Gasteiger partial charge in [-0.3, -0.25) is 29.0 Å². The van der Waals surface area contributed by atoms with E-state index in [1.54, 1.807) is 24.3 Å². The molecule has 0 aliphatic carbocycles. The zero-order valence-corrected chi connectivity index (χ0v) is 19.0. The van der Waals surface area contributed by atoms with Gasteiger partial charge in [-0.1, -0.05) is 0 Å². The summed E-state index contributed by atoms with van der Waals surface area (Å²) in [5.41, 5.74) is 1.47. The summed E-state index contributed by atoms with van der Waals surface area (Å²) in [5, 5.41) is 0.849. The molecule has 2 aromatic carbocycles. The Balaban J connectivity index is 1.73. The molecule has 0 unspecified atom stereocenters. The quantitative estimate of drug-likeness (QED) is 0.589. The highest BCUT2D eigenvalue weighted by Crippen LogP contribution is 2.37. The minimum absolute atomic E-state index is 0.317. The van der Waals surface area contributed by atoms with Gasteiger partial charge in [0.25, 0.3) is 23.6 Å². The standard InChI is InChI=1S/C24H28N4O4/c1-25(2)11-5-13-27-21(29)15-7-9-17-20-18(10-8-16(19(15)20)22(27)30)24(32)28(23(17)31)14-6-12-26(3)4/h7-10H,5-6,11-14H2,1-4H3. The number of benzene rings is 2. The minimum Gasteiger partial charge on any atom is -0.309 e. The SMILES string of the molecule is CN(C)CCCN1C(=O)c2ccc3c4c(ccc(c24)C1=O)C(=O)N(CCCN(C)C)C3=O. The van der Waals surface area contributed by atoms with Crippen molar-refractivity contribution in [2.75, 3.05) is 54.4 Å². The molecule has 2 aliphatic heterocycles. The molecule has 2 heterocycles. The van der Waals surface area contributed by atoms with Crippen LogP contribution in [0.15, 0.2) is 24.3 Å². The molecule has 8 heteroatoms. The first-order chi connectivity index (χ1) is 15.2. The number of hydrogen-bond donors (Lipinski definition) is 0. The van der Waals surface area contributed by atoms with Crippen LogP contribution in [-0.2, 0) is 0 Å². The molecule has 2 aliphatic rings. The van der Waals surface area contributed by atoms with Crippen LogP contribution in [0.4, 0.5) is 0 Å². The van der Waals surface area contributed by atoms with Crippen LogP contribution in [-0.4, -0.2) is 97.6 Å². The number of amides is 4. The van der Waals surface area contributed by atoms with Crippen LogP contribution in [0.2, 0.25) is 0 Å². The summed E-state index contributed by atoms with van der Waals surface area (Å²) in [4.78, 5) is 59.2. The van der Waals surface area contributed by atoms with Crippen LogP contribution in [0.5, 0.6) is 0 Å². The van der Waals surface area contributed by atoms with Crippen molar-refractivity contribution in [1.82, 2.24) is 19.6 Å². The molecule has 4 rings (SSSR count). The molecule has 0 bridgehead atoms. The Morgan fingerprint density at radius 1 is 0.562 bits per heavy atom. The Morgan fingerprint density at radius 2 is 0.844 bits per heavy atom. The lowest BCUT2D eigenvalue weighted by atomic mass is 9.86. The van der Waals surface area contributed by atoms with Gasteiger partial charge in [-0.2, -0.15) is 0 Å². The van der Waals surface area contributed by atoms with Gasteiger partial charge in [0.1, 0.15) is 0 Å². The summed E-state index contributed by atoms with van der Waals surface area (Å²) >= 11 is 0. The molecular formula is C24H28N4O4. The summed E-state index contributed by atoms with van der Waals surface area (Å²) in [6.07, 6.45) is 1.33. The first kappa shape index (κ1) is 22.1. The molecule has 0 fully saturated rings. The van der Waals surface area contributed by atoms with Crippen molar-refractivity contribution in [3.05, 3.63) is 46.5 Å². The van der Waals surface area contributed by atoms with E-state index < -0.39 is 0 Å². The molecule has 0 N–H and O–H groups in total. The largest absolute Gasteiger partial charge is 0.309 e. The number of rotatable bonds is 8. The fraction of sp³-hybridized carbons (Fsp3) is 0.417. The third-order valence-corrected chi connectivity index (χ3v) is 6.04. The molecule has 0 saturated heterocycles. The van der Waals surface area contributed by atoms with Crippen molar-refractivity contribution in [2.24, 2.45) is 0 Å². The fourth-order valence-electron chi connectivity index (χ4n) is 4.47. The predicted molar refractivity (Wildman–Crippen MR) is 121 cm³/mol. The monoisotopic (exact) mass is 436 g/mol. The van der Waals surface area contributed by atoms with Gasteiger partial charge in [-0.15, -0.1) is 0 Å². The van der Waals surface area contributed by atoms with Gasteiger partial charge < -0.3 is 9.80 Å². The van der Waals surface area contributed by atoms with E-state index in [0.717, 1.165) is 13.1 Å². The second kappa shape index (κ2) is 8.44. The first-order valence-corrected chi connectivity index (χ1v) is 10.8.